The molecule has 1 rings (SSSR count). The van der Waals surface area contributed by atoms with E-state index in [1.165, 1.54) is 30.6 Å². The molecule has 25 heteroatoms. The van der Waals surface area contributed by atoms with Crippen LogP contribution in [-0.4, -0.2) is 160 Å². The number of hydrogen-bond donors (Lipinski definition) is 10. The number of rotatable bonds is 41. The average molecular weight is 1170 g/mol. The molecule has 0 aromatic heterocycles. The maximum absolute atomic E-state index is 14.4. The summed E-state index contributed by atoms with van der Waals surface area (Å²) in [6.45, 7) is 11.6. The maximum atomic E-state index is 14.4. The third-order valence-corrected chi connectivity index (χ3v) is 15.2. The van der Waals surface area contributed by atoms with Gasteiger partial charge in [-0.15, -0.1) is 11.6 Å². The summed E-state index contributed by atoms with van der Waals surface area (Å²) in [6.07, 6.45) is 0.0252. The summed E-state index contributed by atoms with van der Waals surface area (Å²) in [7, 11) is 1.51. The van der Waals surface area contributed by atoms with Gasteiger partial charge < -0.3 is 53.6 Å². The highest BCUT2D eigenvalue weighted by Gasteiger charge is 2.35. The lowest BCUT2D eigenvalue weighted by atomic mass is 9.90. The van der Waals surface area contributed by atoms with E-state index >= 15 is 0 Å². The van der Waals surface area contributed by atoms with Crippen molar-refractivity contribution in [3.63, 3.8) is 0 Å². The van der Waals surface area contributed by atoms with Crippen molar-refractivity contribution in [2.75, 3.05) is 56.5 Å². The van der Waals surface area contributed by atoms with Crippen molar-refractivity contribution in [3.05, 3.63) is 35.9 Å². The lowest BCUT2D eigenvalue weighted by Gasteiger charge is -2.27. The van der Waals surface area contributed by atoms with Gasteiger partial charge in [-0.2, -0.15) is 36.2 Å². The number of halogens is 1. The van der Waals surface area contributed by atoms with Crippen LogP contribution in [0.1, 0.15) is 118 Å². The molecule has 0 aliphatic rings. The van der Waals surface area contributed by atoms with E-state index in [9.17, 15) is 53.1 Å². The summed E-state index contributed by atoms with van der Waals surface area (Å²) in [4.78, 5) is 139. The fraction of sp³-hybridized carbons (Fsp3) is 0.679. The maximum Gasteiger partial charge on any atom is 0.304 e. The number of alkyl halides is 1. The summed E-state index contributed by atoms with van der Waals surface area (Å²) in [5.41, 5.74) is 17.4. The monoisotopic (exact) mass is 1170 g/mol. The first-order chi connectivity index (χ1) is 36.6. The van der Waals surface area contributed by atoms with E-state index in [1.807, 2.05) is 41.5 Å². The van der Waals surface area contributed by atoms with Crippen molar-refractivity contribution in [1.29, 1.82) is 0 Å². The van der Waals surface area contributed by atoms with Crippen LogP contribution in [0, 0.1) is 17.8 Å². The molecule has 0 aliphatic carbocycles. The van der Waals surface area contributed by atoms with Gasteiger partial charge in [0.05, 0.1) is 37.0 Å². The normalized spacial score (nSPS) is 14.2. The number of ketones is 4. The Kier molecular flexibility index (Phi) is 34.7. The minimum Gasteiger partial charge on any atom is -0.481 e. The molecule has 78 heavy (non-hydrogen) atoms. The number of aliphatic imine (C=N–C) groups is 1. The number of amides is 5. The number of ether oxygens (including phenoxy) is 1. The van der Waals surface area contributed by atoms with Gasteiger partial charge in [0.1, 0.15) is 11.9 Å². The summed E-state index contributed by atoms with van der Waals surface area (Å²) in [6, 6.07) is 4.62. The molecule has 0 spiro atoms. The van der Waals surface area contributed by atoms with E-state index in [0.717, 1.165) is 5.56 Å². The second kappa shape index (κ2) is 38.0. The van der Waals surface area contributed by atoms with Crippen LogP contribution in [-0.2, 0) is 59.1 Å². The van der Waals surface area contributed by atoms with Crippen molar-refractivity contribution in [2.24, 2.45) is 39.9 Å². The Morgan fingerprint density at radius 1 is 0.679 bits per heavy atom. The van der Waals surface area contributed by atoms with E-state index in [4.69, 9.17) is 33.5 Å². The number of carboxylic acids is 1. The topological polar surface area (TPSA) is 351 Å². The van der Waals surface area contributed by atoms with Gasteiger partial charge in [-0.1, -0.05) is 71.9 Å². The molecule has 0 fully saturated rings. The molecule has 12 N–H and O–H groups in total. The van der Waals surface area contributed by atoms with Crippen molar-refractivity contribution < 1.29 is 57.8 Å². The number of unbranched alkanes of at least 4 members (excludes halogenated alkanes) is 1. The van der Waals surface area contributed by atoms with Crippen LogP contribution in [0.15, 0.2) is 35.3 Å². The number of benzene rings is 1. The number of nitrogens with zero attached hydrogens (tertiary/aromatic N) is 1. The zero-order valence-corrected chi connectivity index (χ0v) is 49.6. The van der Waals surface area contributed by atoms with Crippen LogP contribution < -0.4 is 43.8 Å². The molecule has 0 radical (unpaired) electrons. The molecule has 0 saturated heterocycles. The molecule has 1 aromatic rings. The number of nitrogens with two attached hydrogens (primary N) is 3. The fourth-order valence-electron chi connectivity index (χ4n) is 7.68. The molecule has 5 amide bonds. The minimum atomic E-state index is -1.50. The Balaban J connectivity index is 3.46. The minimum absolute atomic E-state index is 0.00845. The number of aliphatic carboxylic acids is 1. The Morgan fingerprint density at radius 3 is 1.77 bits per heavy atom. The lowest BCUT2D eigenvalue weighted by molar-refractivity contribution is -0.142. The first-order valence-electron chi connectivity index (χ1n) is 26.2. The van der Waals surface area contributed by atoms with Crippen molar-refractivity contribution in [3.8, 4) is 0 Å². The van der Waals surface area contributed by atoms with Gasteiger partial charge in [0.25, 0.3) is 0 Å². The lowest BCUT2D eigenvalue weighted by Crippen LogP contribution is -2.53. The van der Waals surface area contributed by atoms with Gasteiger partial charge >= 0.3 is 5.97 Å². The average Bonchev–Trinajstić information content (AvgIpc) is 3.36. The number of guanidine groups is 1. The first kappa shape index (κ1) is 71.3. The summed E-state index contributed by atoms with van der Waals surface area (Å²) in [5.74, 6) is -10.9. The second-order valence-electron chi connectivity index (χ2n) is 20.9. The van der Waals surface area contributed by atoms with E-state index in [0.29, 0.717) is 32.4 Å². The van der Waals surface area contributed by atoms with Crippen molar-refractivity contribution >= 4 is 112 Å². The van der Waals surface area contributed by atoms with Crippen LogP contribution >= 0.6 is 47.8 Å². The molecular formula is C53H86ClN9O12S3. The van der Waals surface area contributed by atoms with E-state index < -0.39 is 131 Å². The van der Waals surface area contributed by atoms with E-state index in [2.05, 4.69) is 44.2 Å². The zero-order chi connectivity index (χ0) is 59.0. The predicted octanol–water partition coefficient (Wildman–Crippen LogP) is 2.90. The molecule has 0 unspecified atom stereocenters. The highest BCUT2D eigenvalue weighted by Crippen LogP contribution is 2.27. The number of carboxylic acid groups (broad SMARTS) is 1. The highest BCUT2D eigenvalue weighted by atomic mass is 35.5. The number of thioether (sulfide) groups is 2. The Morgan fingerprint density at radius 2 is 1.24 bits per heavy atom. The Bertz CT molecular complexity index is 2140. The molecular weight excluding hydrogens is 1090 g/mol. The smallest absolute Gasteiger partial charge is 0.304 e. The van der Waals surface area contributed by atoms with Gasteiger partial charge in [0.15, 0.2) is 29.1 Å². The highest BCUT2D eigenvalue weighted by molar-refractivity contribution is 8.00. The largest absolute Gasteiger partial charge is 0.481 e. The number of nitrogens with one attached hydrogen (secondary N) is 5. The zero-order valence-electron chi connectivity index (χ0n) is 46.3. The van der Waals surface area contributed by atoms with Gasteiger partial charge in [-0.3, -0.25) is 52.9 Å². The van der Waals surface area contributed by atoms with Gasteiger partial charge in [0, 0.05) is 84.5 Å². The van der Waals surface area contributed by atoms with Gasteiger partial charge in [0.2, 0.25) is 29.5 Å². The van der Waals surface area contributed by atoms with Crippen LogP contribution in [0.4, 0.5) is 0 Å². The van der Waals surface area contributed by atoms with Crippen molar-refractivity contribution in [2.45, 2.75) is 152 Å². The number of carbonyl (C=O) groups excluding carboxylic acids is 9. The van der Waals surface area contributed by atoms with E-state index in [-0.39, 0.29) is 78.8 Å². The van der Waals surface area contributed by atoms with Crippen molar-refractivity contribution in [1.82, 2.24) is 26.6 Å². The molecule has 1 aromatic carbocycles. The van der Waals surface area contributed by atoms with Crippen LogP contribution in [0.2, 0.25) is 0 Å². The number of methoxy groups -OCH3 is 1. The summed E-state index contributed by atoms with van der Waals surface area (Å²) < 4.78 is 4.30. The third kappa shape index (κ3) is 31.7. The summed E-state index contributed by atoms with van der Waals surface area (Å²) >= 11 is 12.8. The van der Waals surface area contributed by atoms with Crippen LogP contribution in [0.3, 0.4) is 0 Å². The van der Waals surface area contributed by atoms with Gasteiger partial charge in [-0.05, 0) is 57.1 Å². The Hall–Kier alpha value is -4.75. The molecule has 7 atom stereocenters. The molecule has 0 saturated carbocycles. The molecule has 0 bridgehead atoms. The third-order valence-electron chi connectivity index (χ3n) is 11.8. The Labute approximate surface area is 478 Å². The van der Waals surface area contributed by atoms with E-state index in [1.54, 1.807) is 30.3 Å². The van der Waals surface area contributed by atoms with Crippen LogP contribution in [0.5, 0.6) is 0 Å². The number of hydrogen-bond acceptors (Lipinski definition) is 16. The quantitative estimate of drug-likeness (QED) is 0.0148. The van der Waals surface area contributed by atoms with Gasteiger partial charge in [-0.25, -0.2) is 0 Å². The molecule has 440 valence electrons. The first-order valence-corrected chi connectivity index (χ1v) is 29.3. The SMILES string of the molecule is COCCCC(=O)[C@H](CS)NC(=O)[C@@H](CC(=O)[C@H](CSC(C)(C)C)NC(=O)[C@H](CC(=O)O)CC(=O)CNC(=O)[C@H](CCCN=C(N)N)CC(=O)[C@H](CSC(C)(C)C)NC(=O)[C@H](CCCCN)NC(=O)CCl)Cc1ccccc1. The number of Topliss-reactive ketones (excluding diaryl/α,β-unsaturated/α-hetero) is 4. The standard InChI is InChI=1S/C53H86ClN9O12S3/c1-52(2,3)77-31-40(44(67)26-35(23-33-15-9-8-10-16-33)48(72)61-39(30-76)42(65)19-14-22-75-7)62-49(73)36(27-46(69)70)24-37(64)29-59-47(71)34(17-13-21-58-51(56)57)25-43(66)41(32-78-53(4,5)6)63-50(74)38(18-11-12-20-55)60-45(68)28-54/h8-10,15-16,34-36,38-41,76H,11-14,17-32,55H2,1-7H3,(H,59,71)(H,60,68)(H,61,72)(H,62,73)(H,63,74)(H,69,70)(H4,56,57,58)/t34-,35-,36+,38+,39+,40+,41+/m1/s1. The number of thiol groups is 1. The predicted molar refractivity (Wildman–Crippen MR) is 310 cm³/mol. The summed E-state index contributed by atoms with van der Waals surface area (Å²) in [5, 5.41) is 23.2. The molecule has 0 heterocycles. The molecule has 0 aliphatic heterocycles. The number of carbonyl (C=O) groups is 10. The molecule has 21 nitrogen and oxygen atoms in total. The second-order valence-corrected chi connectivity index (χ2v) is 25.3. The van der Waals surface area contributed by atoms with Crippen LogP contribution in [0.25, 0.3) is 0 Å². The fourth-order valence-corrected chi connectivity index (χ4v) is 9.92.